The van der Waals surface area contributed by atoms with Gasteiger partial charge in [0.1, 0.15) is 22.6 Å². The maximum Gasteiger partial charge on any atom is 0.316 e. The molecule has 4 rings (SSSR count). The molecule has 0 radical (unpaired) electrons. The Hall–Kier alpha value is -2.99. The second-order valence-corrected chi connectivity index (χ2v) is 8.29. The Labute approximate surface area is 159 Å². The number of carbonyl (C=O) groups excluding carboxylic acids is 1. The first kappa shape index (κ1) is 17.4. The van der Waals surface area contributed by atoms with E-state index < -0.39 is 5.41 Å². The average molecular weight is 379 g/mol. The number of nitrogens with zero attached hydrogens (tertiary/aromatic N) is 1. The van der Waals surface area contributed by atoms with Crippen molar-refractivity contribution in [1.29, 1.82) is 0 Å². The molecule has 0 aliphatic heterocycles. The first-order chi connectivity index (χ1) is 12.8. The van der Waals surface area contributed by atoms with E-state index in [1.54, 1.807) is 39.0 Å². The molecule has 0 spiro atoms. The number of rotatable bonds is 2. The van der Waals surface area contributed by atoms with Gasteiger partial charge in [-0.25, -0.2) is 4.98 Å². The summed E-state index contributed by atoms with van der Waals surface area (Å²) >= 11 is 1.45. The van der Waals surface area contributed by atoms with Crippen LogP contribution >= 0.6 is 11.3 Å². The zero-order valence-corrected chi connectivity index (χ0v) is 15.9. The average Bonchev–Trinajstić information content (AvgIpc) is 3.05. The van der Waals surface area contributed by atoms with Gasteiger partial charge >= 0.3 is 5.97 Å². The monoisotopic (exact) mass is 379 g/mol. The molecule has 0 saturated carbocycles. The van der Waals surface area contributed by atoms with Crippen LogP contribution < -0.4 is 10.2 Å². The van der Waals surface area contributed by atoms with E-state index in [9.17, 15) is 9.59 Å². The van der Waals surface area contributed by atoms with E-state index in [1.807, 2.05) is 24.3 Å². The van der Waals surface area contributed by atoms with Gasteiger partial charge in [0, 0.05) is 6.07 Å². The van der Waals surface area contributed by atoms with Gasteiger partial charge in [-0.2, -0.15) is 0 Å². The summed E-state index contributed by atoms with van der Waals surface area (Å²) in [7, 11) is 0. The molecule has 2 aromatic heterocycles. The highest BCUT2D eigenvalue weighted by molar-refractivity contribution is 7.21. The molecule has 136 valence electrons. The minimum absolute atomic E-state index is 0.163. The number of fused-ring (bicyclic) bond motifs is 2. The molecule has 0 unspecified atom stereocenters. The van der Waals surface area contributed by atoms with Gasteiger partial charge in [-0.15, -0.1) is 11.3 Å². The molecule has 0 atom stereocenters. The topological polar surface area (TPSA) is 69.4 Å². The number of thiazole rings is 1. The summed E-state index contributed by atoms with van der Waals surface area (Å²) in [6.07, 6.45) is 1.41. The predicted molar refractivity (Wildman–Crippen MR) is 106 cm³/mol. The minimum atomic E-state index is -0.619. The molecule has 4 aromatic rings. The lowest BCUT2D eigenvalue weighted by atomic mass is 9.97. The van der Waals surface area contributed by atoms with Crippen LogP contribution in [0.15, 0.2) is 57.9 Å². The van der Waals surface area contributed by atoms with Gasteiger partial charge in [0.2, 0.25) is 5.43 Å². The number of para-hydroxylation sites is 1. The van der Waals surface area contributed by atoms with Gasteiger partial charge in [-0.05, 0) is 45.0 Å². The summed E-state index contributed by atoms with van der Waals surface area (Å²) < 4.78 is 12.0. The Kier molecular flexibility index (Phi) is 4.08. The van der Waals surface area contributed by atoms with E-state index in [0.717, 1.165) is 10.2 Å². The van der Waals surface area contributed by atoms with Gasteiger partial charge in [0.05, 0.1) is 26.6 Å². The fourth-order valence-corrected chi connectivity index (χ4v) is 3.54. The van der Waals surface area contributed by atoms with Gasteiger partial charge < -0.3 is 9.15 Å². The summed E-state index contributed by atoms with van der Waals surface area (Å²) in [5.74, 6) is -0.00592. The SMILES string of the molecule is CC(C)(C)C(=O)Oc1ccc2c(=O)c(-c3nc4ccccc4s3)coc2c1. The fourth-order valence-electron chi connectivity index (χ4n) is 2.57. The van der Waals surface area contributed by atoms with Crippen molar-refractivity contribution in [3.05, 3.63) is 59.0 Å². The summed E-state index contributed by atoms with van der Waals surface area (Å²) in [6, 6.07) is 12.5. The Morgan fingerprint density at radius 1 is 1.15 bits per heavy atom. The predicted octanol–water partition coefficient (Wildman–Crippen LogP) is 5.02. The van der Waals surface area contributed by atoms with Crippen molar-refractivity contribution in [2.45, 2.75) is 20.8 Å². The van der Waals surface area contributed by atoms with Crippen molar-refractivity contribution in [1.82, 2.24) is 4.98 Å². The zero-order valence-electron chi connectivity index (χ0n) is 15.1. The second kappa shape index (κ2) is 6.32. The van der Waals surface area contributed by atoms with Crippen LogP contribution in [0, 0.1) is 5.41 Å². The first-order valence-corrected chi connectivity index (χ1v) is 9.28. The van der Waals surface area contributed by atoms with E-state index in [4.69, 9.17) is 9.15 Å². The van der Waals surface area contributed by atoms with Crippen LogP contribution in [0.1, 0.15) is 20.8 Å². The number of ether oxygens (including phenoxy) is 1. The van der Waals surface area contributed by atoms with Crippen LogP contribution in [0.4, 0.5) is 0 Å². The molecule has 0 aliphatic rings. The van der Waals surface area contributed by atoms with Crippen LogP contribution in [0.2, 0.25) is 0 Å². The highest BCUT2D eigenvalue weighted by Gasteiger charge is 2.24. The normalized spacial score (nSPS) is 11.8. The maximum absolute atomic E-state index is 12.9. The van der Waals surface area contributed by atoms with Crippen molar-refractivity contribution in [2.75, 3.05) is 0 Å². The standard InChI is InChI=1S/C21H17NO4S/c1-21(2,3)20(24)26-12-8-9-13-16(10-12)25-11-14(18(13)23)19-22-15-6-4-5-7-17(15)27-19/h4-11H,1-3H3. The highest BCUT2D eigenvalue weighted by atomic mass is 32.1. The molecule has 27 heavy (non-hydrogen) atoms. The molecule has 0 aliphatic carbocycles. The number of carbonyl (C=O) groups is 1. The third-order valence-electron chi connectivity index (χ3n) is 4.09. The number of hydrogen-bond acceptors (Lipinski definition) is 6. The lowest BCUT2D eigenvalue weighted by Gasteiger charge is -2.16. The lowest BCUT2D eigenvalue weighted by Crippen LogP contribution is -2.25. The Morgan fingerprint density at radius 3 is 2.67 bits per heavy atom. The number of benzene rings is 2. The third kappa shape index (κ3) is 3.24. The third-order valence-corrected chi connectivity index (χ3v) is 5.16. The van der Waals surface area contributed by atoms with E-state index >= 15 is 0 Å². The first-order valence-electron chi connectivity index (χ1n) is 8.47. The molecule has 2 aromatic carbocycles. The largest absolute Gasteiger partial charge is 0.463 e. The smallest absolute Gasteiger partial charge is 0.316 e. The van der Waals surface area contributed by atoms with Crippen LogP contribution in [0.5, 0.6) is 5.75 Å². The lowest BCUT2D eigenvalue weighted by molar-refractivity contribution is -0.142. The molecule has 2 heterocycles. The van der Waals surface area contributed by atoms with Gasteiger partial charge in [-0.3, -0.25) is 9.59 Å². The van der Waals surface area contributed by atoms with Crippen molar-refractivity contribution >= 4 is 38.5 Å². The van der Waals surface area contributed by atoms with E-state index in [1.165, 1.54) is 17.6 Å². The minimum Gasteiger partial charge on any atom is -0.463 e. The van der Waals surface area contributed by atoms with Crippen molar-refractivity contribution in [3.63, 3.8) is 0 Å². The fraction of sp³-hybridized carbons (Fsp3) is 0.190. The van der Waals surface area contributed by atoms with E-state index in [0.29, 0.717) is 27.3 Å². The van der Waals surface area contributed by atoms with Crippen LogP contribution in [-0.2, 0) is 4.79 Å². The summed E-state index contributed by atoms with van der Waals surface area (Å²) in [5.41, 5.74) is 0.851. The Balaban J connectivity index is 1.75. The van der Waals surface area contributed by atoms with Gasteiger partial charge in [0.15, 0.2) is 0 Å². The molecule has 0 fully saturated rings. The number of aromatic nitrogens is 1. The highest BCUT2D eigenvalue weighted by Crippen LogP contribution is 2.30. The molecule has 5 nitrogen and oxygen atoms in total. The number of hydrogen-bond donors (Lipinski definition) is 0. The second-order valence-electron chi connectivity index (χ2n) is 7.26. The molecule has 0 saturated heterocycles. The summed E-state index contributed by atoms with van der Waals surface area (Å²) in [6.45, 7) is 5.34. The van der Waals surface area contributed by atoms with Crippen LogP contribution in [0.3, 0.4) is 0 Å². The van der Waals surface area contributed by atoms with Crippen molar-refractivity contribution in [2.24, 2.45) is 5.41 Å². The quantitative estimate of drug-likeness (QED) is 0.361. The van der Waals surface area contributed by atoms with Gasteiger partial charge in [-0.1, -0.05) is 12.1 Å². The summed E-state index contributed by atoms with van der Waals surface area (Å²) in [4.78, 5) is 29.5. The number of esters is 1. The molecular weight excluding hydrogens is 362 g/mol. The Bertz CT molecular complexity index is 1200. The molecular formula is C21H17NO4S. The zero-order chi connectivity index (χ0) is 19.2. The Morgan fingerprint density at radius 2 is 1.93 bits per heavy atom. The molecule has 0 bridgehead atoms. The van der Waals surface area contributed by atoms with Gasteiger partial charge in [0.25, 0.3) is 0 Å². The van der Waals surface area contributed by atoms with E-state index in [-0.39, 0.29) is 11.4 Å². The van der Waals surface area contributed by atoms with E-state index in [2.05, 4.69) is 4.98 Å². The summed E-state index contributed by atoms with van der Waals surface area (Å²) in [5, 5.41) is 1.04. The van der Waals surface area contributed by atoms with Crippen LogP contribution in [0.25, 0.3) is 31.8 Å². The molecule has 0 amide bonds. The molecule has 6 heteroatoms. The molecule has 0 N–H and O–H groups in total. The van der Waals surface area contributed by atoms with Crippen molar-refractivity contribution < 1.29 is 13.9 Å². The maximum atomic E-state index is 12.9. The van der Waals surface area contributed by atoms with Crippen molar-refractivity contribution in [3.8, 4) is 16.3 Å². The van der Waals surface area contributed by atoms with Crippen LogP contribution in [-0.4, -0.2) is 11.0 Å².